The average molecular weight is 2000 g/mol. The number of aliphatic hydroxyl groups is 2. The number of rotatable bonds is 55. The number of aromatic nitrogens is 4. The first-order valence-corrected chi connectivity index (χ1v) is 47.7. The van der Waals surface area contributed by atoms with Gasteiger partial charge in [-0.2, -0.15) is 12.6 Å². The lowest BCUT2D eigenvalue weighted by Gasteiger charge is -2.32. The molecule has 19 atom stereocenters. The second-order valence-electron chi connectivity index (χ2n) is 36.0. The monoisotopic (exact) mass is 2000 g/mol. The van der Waals surface area contributed by atoms with Crippen LogP contribution in [0.25, 0.3) is 21.8 Å². The molecule has 2 aliphatic heterocycles. The Labute approximate surface area is 823 Å². The fraction of sp³-hybridized carbons (Fsp3) is 0.521. The van der Waals surface area contributed by atoms with Gasteiger partial charge < -0.3 is 136 Å². The lowest BCUT2D eigenvalue weighted by Crippen LogP contribution is -2.63. The van der Waals surface area contributed by atoms with Gasteiger partial charge in [-0.15, -0.1) is 0 Å². The molecule has 26 N–H and O–H groups in total. The van der Waals surface area contributed by atoms with Crippen LogP contribution in [0.5, 0.6) is 0 Å². The van der Waals surface area contributed by atoms with E-state index in [0.29, 0.717) is 57.8 Å². The number of para-hydroxylation sites is 2. The van der Waals surface area contributed by atoms with Crippen molar-refractivity contribution in [2.45, 2.75) is 255 Å². The zero-order valence-electron chi connectivity index (χ0n) is 80.4. The summed E-state index contributed by atoms with van der Waals surface area (Å²) in [7, 11) is 0. The molecule has 772 valence electrons. The Morgan fingerprint density at radius 3 is 1.44 bits per heavy atom. The molecule has 3 aromatic carbocycles. The minimum atomic E-state index is -1.90. The molecule has 3 aromatic heterocycles. The van der Waals surface area contributed by atoms with Crippen LogP contribution in [0.1, 0.15) is 149 Å². The number of carbonyl (C=O) groups is 20. The maximum absolute atomic E-state index is 14.6. The molecule has 0 radical (unpaired) electrons. The maximum atomic E-state index is 14.6. The van der Waals surface area contributed by atoms with Crippen molar-refractivity contribution in [3.05, 3.63) is 126 Å². The molecular formula is C94H131N23O24S. The minimum Gasteiger partial charge on any atom is -0.481 e. The molecule has 0 unspecified atom stereocenters. The van der Waals surface area contributed by atoms with Gasteiger partial charge in [-0.3, -0.25) is 91.1 Å². The summed E-state index contributed by atoms with van der Waals surface area (Å²) in [6.45, 7) is 11.5. The van der Waals surface area contributed by atoms with E-state index < -0.39 is 278 Å². The summed E-state index contributed by atoms with van der Waals surface area (Å²) < 4.78 is 0. The van der Waals surface area contributed by atoms with Crippen molar-refractivity contribution in [1.82, 2.24) is 109 Å². The van der Waals surface area contributed by atoms with Crippen LogP contribution in [-0.2, 0) is 122 Å². The van der Waals surface area contributed by atoms with Gasteiger partial charge in [0, 0.05) is 97.0 Å². The predicted octanol–water partition coefficient (Wildman–Crippen LogP) is -4.21. The Morgan fingerprint density at radius 2 is 0.915 bits per heavy atom. The minimum absolute atomic E-state index is 0.0492. The highest BCUT2D eigenvalue weighted by atomic mass is 32.1. The predicted molar refractivity (Wildman–Crippen MR) is 516 cm³/mol. The zero-order valence-corrected chi connectivity index (χ0v) is 81.3. The number of carboxylic acid groups (broad SMARTS) is 2. The molecule has 18 amide bonds. The summed E-state index contributed by atoms with van der Waals surface area (Å²) in [6.07, 6.45) is 2.90. The van der Waals surface area contributed by atoms with Crippen LogP contribution < -0.4 is 91.2 Å². The maximum Gasteiger partial charge on any atom is 0.328 e. The number of likely N-dealkylation sites (tertiary alicyclic amines) is 2. The van der Waals surface area contributed by atoms with Gasteiger partial charge in [0.1, 0.15) is 90.6 Å². The second-order valence-corrected chi connectivity index (χ2v) is 36.4. The van der Waals surface area contributed by atoms with Crippen molar-refractivity contribution >= 4 is 153 Å². The van der Waals surface area contributed by atoms with Crippen molar-refractivity contribution < 1.29 is 116 Å². The van der Waals surface area contributed by atoms with Crippen LogP contribution >= 0.6 is 12.6 Å². The van der Waals surface area contributed by atoms with Gasteiger partial charge in [0.25, 0.3) is 0 Å². The molecule has 5 heterocycles. The van der Waals surface area contributed by atoms with E-state index in [4.69, 9.17) is 11.5 Å². The highest BCUT2D eigenvalue weighted by Crippen LogP contribution is 2.26. The zero-order chi connectivity index (χ0) is 104. The molecular weight excluding hydrogens is 1870 g/mol. The molecule has 0 spiro atoms. The topological polar surface area (TPSA) is 722 Å². The van der Waals surface area contributed by atoms with E-state index in [0.717, 1.165) is 11.8 Å². The highest BCUT2D eigenvalue weighted by Gasteiger charge is 2.44. The lowest BCUT2D eigenvalue weighted by molar-refractivity contribution is -0.146. The number of aliphatic hydroxyl groups excluding tert-OH is 2. The quantitative estimate of drug-likeness (QED) is 0.0161. The first-order chi connectivity index (χ1) is 67.4. The summed E-state index contributed by atoms with van der Waals surface area (Å²) in [4.78, 5) is 292. The number of carbonyl (C=O) groups excluding carboxylic acids is 18. The number of imidazole rings is 1. The molecule has 47 nitrogen and oxygen atoms in total. The second kappa shape index (κ2) is 54.4. The van der Waals surface area contributed by atoms with Gasteiger partial charge in [-0.1, -0.05) is 121 Å². The Bertz CT molecular complexity index is 5470. The van der Waals surface area contributed by atoms with E-state index in [1.165, 1.54) is 31.3 Å². The van der Waals surface area contributed by atoms with Crippen molar-refractivity contribution in [3.63, 3.8) is 0 Å². The molecule has 48 heteroatoms. The van der Waals surface area contributed by atoms with E-state index in [1.54, 1.807) is 119 Å². The molecule has 8 rings (SSSR count). The third-order valence-corrected chi connectivity index (χ3v) is 25.0. The third-order valence-electron chi connectivity index (χ3n) is 24.7. The largest absolute Gasteiger partial charge is 0.481 e. The van der Waals surface area contributed by atoms with Crippen molar-refractivity contribution in [1.29, 1.82) is 0 Å². The summed E-state index contributed by atoms with van der Waals surface area (Å²) in [5.41, 5.74) is 14.8. The number of hydrogen-bond donors (Lipinski definition) is 25. The van der Waals surface area contributed by atoms with E-state index in [-0.39, 0.29) is 76.1 Å². The van der Waals surface area contributed by atoms with Crippen molar-refractivity contribution in [2.75, 3.05) is 38.5 Å². The van der Waals surface area contributed by atoms with E-state index in [9.17, 15) is 116 Å². The van der Waals surface area contributed by atoms with Gasteiger partial charge in [0.05, 0.1) is 44.6 Å². The standard InChI is InChI=1S/C94H131N23O24S/c1-10-48(5)76(113-80(126)51(8)103-82(128)62(29-30-72(96)120)107-86(132)69(45-142)112-83(129)63(34-53-21-13-12-14-22-53)108-79(125)50(7)104-87(133)70-27-19-31-116(70)92(138)59(95)33-47(3)4)89(135)101-43-73(121)105-64(35-54-39-98-60-25-17-15-23-57(54)60)81(127)100-42-74(122)106-67(38-75(123)124)93(139)117-32-20-28-71(117)88(134)114-77(49(6)11-2)90(136)115-78(52(9)119)91(137)110-66(37-56-41-97-46-102-56)85(131)109-65(84(130)111-68(44-118)94(140)141)36-55-40-99-61-26-18-16-24-58(55)61/h12-18,21-26,39-41,46-52,59,62-71,76-78,98-99,118-119,142H,10-11,19-20,27-38,42-45,95H2,1-9H3,(H2,96,120)(H,97,102)(H,100,127)(H,101,135)(H,103,128)(H,104,133)(H,105,121)(H,106,122)(H,107,132)(H,108,125)(H,109,131)(H,110,137)(H,111,130)(H,112,129)(H,113,126)(H,114,134)(H,115,136)(H,123,124)(H,140,141)/t48-,49-,50-,51-,52+,59-,62-,63-,64-,65-,66-,67-,68-,69+,70-,71-,76-,77-,78-/m0/s1. The summed E-state index contributed by atoms with van der Waals surface area (Å²) in [6, 6.07) is -1.25. The molecule has 142 heavy (non-hydrogen) atoms. The van der Waals surface area contributed by atoms with Crippen molar-refractivity contribution in [2.24, 2.45) is 29.2 Å². The van der Waals surface area contributed by atoms with Gasteiger partial charge >= 0.3 is 11.9 Å². The fourth-order valence-electron chi connectivity index (χ4n) is 16.3. The van der Waals surface area contributed by atoms with Gasteiger partial charge in [0.15, 0.2) is 0 Å². The van der Waals surface area contributed by atoms with Crippen LogP contribution in [0.3, 0.4) is 0 Å². The molecule has 0 saturated carbocycles. The van der Waals surface area contributed by atoms with Crippen LogP contribution in [0, 0.1) is 17.8 Å². The third kappa shape index (κ3) is 32.8. The lowest BCUT2D eigenvalue weighted by atomic mass is 9.96. The molecule has 0 aliphatic carbocycles. The molecule has 2 fully saturated rings. The number of fused-ring (bicyclic) bond motifs is 2. The molecule has 2 saturated heterocycles. The first-order valence-electron chi connectivity index (χ1n) is 47.0. The Morgan fingerprint density at radius 1 is 0.472 bits per heavy atom. The number of nitrogens with zero attached hydrogens (tertiary/aromatic N) is 3. The number of primary amides is 1. The number of aliphatic carboxylic acids is 2. The van der Waals surface area contributed by atoms with Crippen LogP contribution in [0.4, 0.5) is 0 Å². The average Bonchev–Trinajstić information content (AvgIpc) is 1.66. The molecule has 2 aliphatic rings. The normalized spacial score (nSPS) is 17.1. The number of nitrogens with one attached hydrogen (secondary N) is 18. The smallest absolute Gasteiger partial charge is 0.328 e. The summed E-state index contributed by atoms with van der Waals surface area (Å²) in [5.74, 6) is -21.7. The SMILES string of the molecule is CC[C@H](C)[C@H](NC(=O)[C@H](C)NC(=O)[C@H](CCC(N)=O)NC(=O)[C@@H](CS)NC(=O)[C@H](Cc1ccccc1)NC(=O)[C@H](C)NC(=O)[C@@H]1CCCN1C(=O)[C@@H](N)CC(C)C)C(=O)NCC(=O)N[C@@H](Cc1c[nH]c2ccccc12)C(=O)NCC(=O)N[C@@H](CC(=O)O)C(=O)N1CCC[C@H]1C(=O)N[C@H](C(=O)N[C@H](C(=O)N[C@@H](Cc1cnc[nH]1)C(=O)N[C@@H](Cc1c[nH]c2ccccc12)C(=O)N[C@@H](CO)C(=O)O)[C@@H](C)O)[C@@H](C)CC. The van der Waals surface area contributed by atoms with Gasteiger partial charge in [0.2, 0.25) is 106 Å². The number of amides is 18. The Hall–Kier alpha value is -14.4. The Balaban J connectivity index is 0.876. The number of nitrogens with two attached hydrogens (primary N) is 2. The number of H-pyrrole nitrogens is 3. The first kappa shape index (κ1) is 113. The number of hydrogen-bond acceptors (Lipinski definition) is 25. The van der Waals surface area contributed by atoms with E-state index in [1.807, 2.05) is 13.8 Å². The van der Waals surface area contributed by atoms with Crippen LogP contribution in [0.2, 0.25) is 0 Å². The number of carboxylic acids is 2. The molecule has 0 bridgehead atoms. The van der Waals surface area contributed by atoms with Crippen molar-refractivity contribution in [3.8, 4) is 0 Å². The number of thiol groups is 1. The van der Waals surface area contributed by atoms with Crippen LogP contribution in [-0.4, -0.2) is 310 Å². The number of aromatic amines is 3. The number of benzene rings is 3. The van der Waals surface area contributed by atoms with Gasteiger partial charge in [-0.25, -0.2) is 9.78 Å². The molecule has 6 aromatic rings. The van der Waals surface area contributed by atoms with Gasteiger partial charge in [-0.05, 0) is 106 Å². The highest BCUT2D eigenvalue weighted by molar-refractivity contribution is 7.80. The van der Waals surface area contributed by atoms with Crippen LogP contribution in [0.15, 0.2) is 104 Å². The fourth-order valence-corrected chi connectivity index (χ4v) is 16.6. The van der Waals surface area contributed by atoms with E-state index in [2.05, 4.69) is 112 Å². The Kier molecular flexibility index (Phi) is 43.2. The summed E-state index contributed by atoms with van der Waals surface area (Å²) >= 11 is 4.30. The summed E-state index contributed by atoms with van der Waals surface area (Å²) in [5, 5.41) is 79.5. The van der Waals surface area contributed by atoms with E-state index >= 15 is 0 Å².